The highest BCUT2D eigenvalue weighted by atomic mass is 16.3. The van der Waals surface area contributed by atoms with Gasteiger partial charge in [0.2, 0.25) is 0 Å². The van der Waals surface area contributed by atoms with Crippen LogP contribution in [0.2, 0.25) is 0 Å². The zero-order valence-corrected chi connectivity index (χ0v) is 14.3. The van der Waals surface area contributed by atoms with Gasteiger partial charge in [-0.05, 0) is 27.8 Å². The molecule has 0 spiro atoms. The van der Waals surface area contributed by atoms with Crippen molar-refractivity contribution >= 4 is 0 Å². The van der Waals surface area contributed by atoms with Crippen molar-refractivity contribution in [1.82, 2.24) is 0 Å². The standard InChI is InChI=1S/C25H18O/c26-25(20-16-14-19(15-17-20)18-8-2-1-3-9-18)23-12-6-4-10-21(23)22-11-5-7-13-24(22)25/h1-17,26H. The van der Waals surface area contributed by atoms with Crippen LogP contribution in [0.1, 0.15) is 16.7 Å². The maximum absolute atomic E-state index is 11.8. The molecule has 124 valence electrons. The molecule has 1 aliphatic carbocycles. The van der Waals surface area contributed by atoms with Gasteiger partial charge in [-0.15, -0.1) is 0 Å². The lowest BCUT2D eigenvalue weighted by atomic mass is 9.84. The van der Waals surface area contributed by atoms with Gasteiger partial charge in [-0.3, -0.25) is 0 Å². The molecule has 0 atom stereocenters. The van der Waals surface area contributed by atoms with Crippen LogP contribution in [0.25, 0.3) is 22.3 Å². The minimum atomic E-state index is -1.11. The van der Waals surface area contributed by atoms with Crippen LogP contribution in [0, 0.1) is 0 Å². The maximum atomic E-state index is 11.8. The molecular formula is C25H18O. The fourth-order valence-electron chi connectivity index (χ4n) is 4.06. The van der Waals surface area contributed by atoms with E-state index in [1.165, 1.54) is 5.56 Å². The molecule has 5 rings (SSSR count). The van der Waals surface area contributed by atoms with Gasteiger partial charge in [-0.1, -0.05) is 103 Å². The van der Waals surface area contributed by atoms with Gasteiger partial charge in [0.15, 0.2) is 0 Å². The van der Waals surface area contributed by atoms with Gasteiger partial charge in [0, 0.05) is 11.1 Å². The summed E-state index contributed by atoms with van der Waals surface area (Å²) in [5, 5.41) is 11.8. The van der Waals surface area contributed by atoms with E-state index in [1.54, 1.807) is 0 Å². The molecule has 1 nitrogen and oxygen atoms in total. The summed E-state index contributed by atoms with van der Waals surface area (Å²) in [5.41, 5.74) is 6.24. The molecule has 0 amide bonds. The zero-order chi connectivity index (χ0) is 17.6. The monoisotopic (exact) mass is 334 g/mol. The van der Waals surface area contributed by atoms with Crippen molar-refractivity contribution in [2.75, 3.05) is 0 Å². The van der Waals surface area contributed by atoms with Crippen molar-refractivity contribution in [2.24, 2.45) is 0 Å². The molecule has 0 bridgehead atoms. The van der Waals surface area contributed by atoms with E-state index in [9.17, 15) is 5.11 Å². The van der Waals surface area contributed by atoms with E-state index in [1.807, 2.05) is 66.7 Å². The van der Waals surface area contributed by atoms with E-state index in [4.69, 9.17) is 0 Å². The fraction of sp³-hybridized carbons (Fsp3) is 0.0400. The smallest absolute Gasteiger partial charge is 0.141 e. The molecule has 0 aliphatic heterocycles. The molecule has 26 heavy (non-hydrogen) atoms. The molecule has 0 saturated heterocycles. The summed E-state index contributed by atoms with van der Waals surface area (Å²) >= 11 is 0. The molecule has 0 saturated carbocycles. The van der Waals surface area contributed by atoms with Gasteiger partial charge in [0.1, 0.15) is 5.60 Å². The van der Waals surface area contributed by atoms with Gasteiger partial charge < -0.3 is 5.11 Å². The van der Waals surface area contributed by atoms with Crippen molar-refractivity contribution in [3.63, 3.8) is 0 Å². The van der Waals surface area contributed by atoms with Crippen LogP contribution in [0.3, 0.4) is 0 Å². The van der Waals surface area contributed by atoms with E-state index in [0.717, 1.165) is 33.4 Å². The largest absolute Gasteiger partial charge is 0.376 e. The Bertz CT molecular complexity index is 1030. The van der Waals surface area contributed by atoms with Crippen LogP contribution < -0.4 is 0 Å². The zero-order valence-electron chi connectivity index (χ0n) is 14.3. The lowest BCUT2D eigenvalue weighted by molar-refractivity contribution is 0.131. The molecule has 0 fully saturated rings. The number of hydrogen-bond acceptors (Lipinski definition) is 1. The Morgan fingerprint density at radius 1 is 0.462 bits per heavy atom. The highest BCUT2D eigenvalue weighted by Crippen LogP contribution is 2.50. The average Bonchev–Trinajstić information content (AvgIpc) is 2.99. The van der Waals surface area contributed by atoms with E-state index >= 15 is 0 Å². The third-order valence-electron chi connectivity index (χ3n) is 5.33. The number of rotatable bonds is 2. The van der Waals surface area contributed by atoms with Crippen molar-refractivity contribution in [1.29, 1.82) is 0 Å². The Labute approximate surface area is 153 Å². The molecule has 0 aromatic heterocycles. The normalized spacial score (nSPS) is 13.9. The highest BCUT2D eigenvalue weighted by molar-refractivity contribution is 5.82. The SMILES string of the molecule is OC1(c2ccc(-c3ccccc3)cc2)c2ccccc2-c2ccccc21. The molecule has 0 radical (unpaired) electrons. The topological polar surface area (TPSA) is 20.2 Å². The van der Waals surface area contributed by atoms with Crippen molar-refractivity contribution in [2.45, 2.75) is 5.60 Å². The molecule has 4 aromatic carbocycles. The molecule has 1 heteroatoms. The second-order valence-corrected chi connectivity index (χ2v) is 6.74. The molecule has 0 heterocycles. The first-order valence-electron chi connectivity index (χ1n) is 8.86. The summed E-state index contributed by atoms with van der Waals surface area (Å²) in [6.45, 7) is 0. The summed E-state index contributed by atoms with van der Waals surface area (Å²) in [5.74, 6) is 0. The molecule has 1 aliphatic rings. The van der Waals surface area contributed by atoms with Crippen molar-refractivity contribution in [3.05, 3.63) is 120 Å². The van der Waals surface area contributed by atoms with Gasteiger partial charge in [-0.2, -0.15) is 0 Å². The Kier molecular flexibility index (Phi) is 3.31. The first-order valence-corrected chi connectivity index (χ1v) is 8.86. The summed E-state index contributed by atoms with van der Waals surface area (Å²) in [6.07, 6.45) is 0. The third-order valence-corrected chi connectivity index (χ3v) is 5.33. The summed E-state index contributed by atoms with van der Waals surface area (Å²) < 4.78 is 0. The highest BCUT2D eigenvalue weighted by Gasteiger charge is 2.42. The summed E-state index contributed by atoms with van der Waals surface area (Å²) in [7, 11) is 0. The second kappa shape index (κ2) is 5.69. The number of hydrogen-bond donors (Lipinski definition) is 1. The molecule has 0 unspecified atom stereocenters. The van der Waals surface area contributed by atoms with E-state index in [2.05, 4.69) is 36.4 Å². The second-order valence-electron chi connectivity index (χ2n) is 6.74. The Hall–Kier alpha value is -3.16. The number of aliphatic hydroxyl groups is 1. The maximum Gasteiger partial charge on any atom is 0.141 e. The number of benzene rings is 4. The predicted molar refractivity (Wildman–Crippen MR) is 106 cm³/mol. The summed E-state index contributed by atoms with van der Waals surface area (Å²) in [4.78, 5) is 0. The average molecular weight is 334 g/mol. The molecule has 4 aromatic rings. The van der Waals surface area contributed by atoms with Crippen molar-refractivity contribution < 1.29 is 5.11 Å². The minimum Gasteiger partial charge on any atom is -0.376 e. The van der Waals surface area contributed by atoms with Crippen LogP contribution in [-0.4, -0.2) is 5.11 Å². The van der Waals surface area contributed by atoms with Gasteiger partial charge >= 0.3 is 0 Å². The lowest BCUT2D eigenvalue weighted by Gasteiger charge is -2.26. The van der Waals surface area contributed by atoms with E-state index in [0.29, 0.717) is 0 Å². The molecular weight excluding hydrogens is 316 g/mol. The predicted octanol–water partition coefficient (Wildman–Crippen LogP) is 5.62. The molecule has 1 N–H and O–H groups in total. The van der Waals surface area contributed by atoms with Gasteiger partial charge in [0.05, 0.1) is 0 Å². The van der Waals surface area contributed by atoms with Crippen LogP contribution in [0.15, 0.2) is 103 Å². The van der Waals surface area contributed by atoms with E-state index in [-0.39, 0.29) is 0 Å². The van der Waals surface area contributed by atoms with Crippen LogP contribution >= 0.6 is 0 Å². The quantitative estimate of drug-likeness (QED) is 0.504. The van der Waals surface area contributed by atoms with E-state index < -0.39 is 5.60 Å². The Morgan fingerprint density at radius 2 is 0.923 bits per heavy atom. The van der Waals surface area contributed by atoms with Crippen LogP contribution in [0.5, 0.6) is 0 Å². The first kappa shape index (κ1) is 15.1. The van der Waals surface area contributed by atoms with Crippen LogP contribution in [0.4, 0.5) is 0 Å². The Morgan fingerprint density at radius 3 is 1.50 bits per heavy atom. The first-order chi connectivity index (χ1) is 12.8. The van der Waals surface area contributed by atoms with Gasteiger partial charge in [-0.25, -0.2) is 0 Å². The lowest BCUT2D eigenvalue weighted by Crippen LogP contribution is -2.26. The van der Waals surface area contributed by atoms with Gasteiger partial charge in [0.25, 0.3) is 0 Å². The fourth-order valence-corrected chi connectivity index (χ4v) is 4.06. The van der Waals surface area contributed by atoms with Crippen LogP contribution in [-0.2, 0) is 5.60 Å². The number of fused-ring (bicyclic) bond motifs is 3. The Balaban J connectivity index is 1.68. The minimum absolute atomic E-state index is 0.898. The van der Waals surface area contributed by atoms with Crippen molar-refractivity contribution in [3.8, 4) is 22.3 Å². The summed E-state index contributed by atoms with van der Waals surface area (Å²) in [6, 6.07) is 34.8. The third kappa shape index (κ3) is 2.08.